The fourth-order valence-electron chi connectivity index (χ4n) is 4.00. The molecule has 5 rings (SSSR count). The summed E-state index contributed by atoms with van der Waals surface area (Å²) in [5.41, 5.74) is 2.77. The molecule has 2 amide bonds. The number of carbonyl (C=O) groups excluding carboxylic acids is 1. The van der Waals surface area contributed by atoms with E-state index in [1.807, 2.05) is 16.6 Å². The molecule has 0 unspecified atom stereocenters. The number of urea groups is 1. The van der Waals surface area contributed by atoms with Gasteiger partial charge in [-0.2, -0.15) is 9.61 Å². The number of piperazine rings is 1. The summed E-state index contributed by atoms with van der Waals surface area (Å²) in [6.45, 7) is 6.80. The molecule has 160 valence electrons. The molecule has 1 saturated heterocycles. The molecule has 3 aromatic heterocycles. The van der Waals surface area contributed by atoms with Crippen molar-refractivity contribution in [1.82, 2.24) is 24.5 Å². The zero-order chi connectivity index (χ0) is 21.5. The van der Waals surface area contributed by atoms with Gasteiger partial charge in [0.2, 0.25) is 5.95 Å². The number of anilines is 2. The number of nitrogens with zero attached hydrogens (tertiary/aromatic N) is 6. The fourth-order valence-corrected chi connectivity index (χ4v) is 5.30. The highest BCUT2D eigenvalue weighted by molar-refractivity contribution is 7.19. The Morgan fingerprint density at radius 1 is 1.26 bits per heavy atom. The lowest BCUT2D eigenvalue weighted by Crippen LogP contribution is -2.50. The van der Waals surface area contributed by atoms with Crippen molar-refractivity contribution in [2.45, 2.75) is 20.3 Å². The van der Waals surface area contributed by atoms with Crippen molar-refractivity contribution >= 4 is 56.5 Å². The number of rotatable bonds is 3. The molecule has 0 atom stereocenters. The molecule has 4 aromatic rings. The van der Waals surface area contributed by atoms with Gasteiger partial charge in [-0.25, -0.2) is 14.8 Å². The number of carbonyl (C=O) groups is 1. The topological polar surface area (TPSA) is 78.7 Å². The van der Waals surface area contributed by atoms with E-state index in [-0.39, 0.29) is 6.03 Å². The molecule has 1 aromatic carbocycles. The highest BCUT2D eigenvalue weighted by Gasteiger charge is 2.25. The van der Waals surface area contributed by atoms with Crippen LogP contribution in [-0.4, -0.2) is 56.7 Å². The summed E-state index contributed by atoms with van der Waals surface area (Å²) in [7, 11) is 0. The Kier molecular flexibility index (Phi) is 5.15. The molecule has 1 fully saturated rings. The van der Waals surface area contributed by atoms with E-state index in [4.69, 9.17) is 16.6 Å². The summed E-state index contributed by atoms with van der Waals surface area (Å²) in [4.78, 5) is 28.4. The molecule has 4 heterocycles. The lowest BCUT2D eigenvalue weighted by Gasteiger charge is -2.35. The first-order valence-electron chi connectivity index (χ1n) is 10.2. The maximum atomic E-state index is 12.7. The number of thiophene rings is 1. The summed E-state index contributed by atoms with van der Waals surface area (Å²) >= 11 is 7.73. The van der Waals surface area contributed by atoms with E-state index < -0.39 is 0 Å². The Morgan fingerprint density at radius 3 is 2.81 bits per heavy atom. The smallest absolute Gasteiger partial charge is 0.321 e. The van der Waals surface area contributed by atoms with Crippen LogP contribution in [0.5, 0.6) is 0 Å². The highest BCUT2D eigenvalue weighted by atomic mass is 35.5. The third-order valence-electron chi connectivity index (χ3n) is 5.64. The van der Waals surface area contributed by atoms with Crippen molar-refractivity contribution in [2.75, 3.05) is 36.4 Å². The average Bonchev–Trinajstić information content (AvgIpc) is 3.37. The maximum absolute atomic E-state index is 12.7. The molecular formula is C21H22ClN7OS. The largest absolute Gasteiger partial charge is 0.337 e. The molecule has 1 aliphatic heterocycles. The van der Waals surface area contributed by atoms with E-state index in [0.717, 1.165) is 28.2 Å². The van der Waals surface area contributed by atoms with E-state index >= 15 is 0 Å². The number of amides is 2. The van der Waals surface area contributed by atoms with Gasteiger partial charge in [-0.15, -0.1) is 11.3 Å². The van der Waals surface area contributed by atoms with Gasteiger partial charge in [0.15, 0.2) is 5.65 Å². The zero-order valence-corrected chi connectivity index (χ0v) is 18.9. The second-order valence-electron chi connectivity index (χ2n) is 7.51. The Morgan fingerprint density at radius 2 is 2.06 bits per heavy atom. The van der Waals surface area contributed by atoms with E-state index in [1.165, 1.54) is 10.4 Å². The number of nitrogens with one attached hydrogen (secondary N) is 1. The number of halogens is 1. The number of benzene rings is 1. The molecule has 8 nitrogen and oxygen atoms in total. The van der Waals surface area contributed by atoms with Gasteiger partial charge in [0.1, 0.15) is 11.2 Å². The predicted molar refractivity (Wildman–Crippen MR) is 125 cm³/mol. The summed E-state index contributed by atoms with van der Waals surface area (Å²) in [5.74, 6) is 0.777. The maximum Gasteiger partial charge on any atom is 0.321 e. The lowest BCUT2D eigenvalue weighted by molar-refractivity contribution is 0.208. The minimum Gasteiger partial charge on any atom is -0.337 e. The van der Waals surface area contributed by atoms with E-state index in [1.54, 1.807) is 34.7 Å². The Bertz CT molecular complexity index is 1280. The van der Waals surface area contributed by atoms with Gasteiger partial charge < -0.3 is 15.1 Å². The third-order valence-corrected chi connectivity index (χ3v) is 7.20. The van der Waals surface area contributed by atoms with Crippen molar-refractivity contribution in [3.63, 3.8) is 0 Å². The fraction of sp³-hybridized carbons (Fsp3) is 0.333. The molecule has 0 spiro atoms. The van der Waals surface area contributed by atoms with Gasteiger partial charge in [0.05, 0.1) is 5.39 Å². The van der Waals surface area contributed by atoms with Crippen LogP contribution in [0.25, 0.3) is 15.9 Å². The average molecular weight is 456 g/mol. The molecule has 0 bridgehead atoms. The van der Waals surface area contributed by atoms with Crippen LogP contribution in [0.4, 0.5) is 16.4 Å². The normalized spacial score (nSPS) is 14.5. The molecule has 1 N–H and O–H groups in total. The molecular weight excluding hydrogens is 434 g/mol. The molecule has 0 radical (unpaired) electrons. The van der Waals surface area contributed by atoms with Crippen LogP contribution in [0.1, 0.15) is 17.4 Å². The molecule has 31 heavy (non-hydrogen) atoms. The highest BCUT2D eigenvalue weighted by Crippen LogP contribution is 2.34. The summed E-state index contributed by atoms with van der Waals surface area (Å²) in [5, 5.41) is 9.03. The lowest BCUT2D eigenvalue weighted by atomic mass is 10.2. The first-order chi connectivity index (χ1) is 15.0. The Hall–Kier alpha value is -2.91. The molecule has 0 saturated carbocycles. The van der Waals surface area contributed by atoms with Gasteiger partial charge >= 0.3 is 6.03 Å². The number of fused-ring (bicyclic) bond motifs is 3. The van der Waals surface area contributed by atoms with Crippen LogP contribution in [0.2, 0.25) is 5.02 Å². The van der Waals surface area contributed by atoms with Crippen molar-refractivity contribution in [2.24, 2.45) is 0 Å². The van der Waals surface area contributed by atoms with Crippen LogP contribution >= 0.6 is 22.9 Å². The standard InChI is InChI=1S/C21H22ClN7OS/c1-3-16-13(2)17-18-23-12-24-29(18)20(26-19(17)31-16)27-7-9-28(10-8-27)21(30)25-15-6-4-5-14(22)11-15/h4-6,11-12H,3,7-10H2,1-2H3,(H,25,30). The zero-order valence-electron chi connectivity index (χ0n) is 17.3. The summed E-state index contributed by atoms with van der Waals surface area (Å²) < 4.78 is 1.82. The van der Waals surface area contributed by atoms with E-state index in [0.29, 0.717) is 36.9 Å². The van der Waals surface area contributed by atoms with Crippen molar-refractivity contribution in [1.29, 1.82) is 0 Å². The molecule has 10 heteroatoms. The van der Waals surface area contributed by atoms with Crippen LogP contribution < -0.4 is 10.2 Å². The van der Waals surface area contributed by atoms with Crippen LogP contribution in [-0.2, 0) is 6.42 Å². The monoisotopic (exact) mass is 455 g/mol. The molecule has 0 aliphatic carbocycles. The quantitative estimate of drug-likeness (QED) is 0.500. The summed E-state index contributed by atoms with van der Waals surface area (Å²) in [6, 6.07) is 7.04. The SMILES string of the molecule is CCc1sc2nc(N3CCN(C(=O)Nc4cccc(Cl)c4)CC3)n3ncnc3c2c1C. The van der Waals surface area contributed by atoms with Gasteiger partial charge in [0, 0.05) is 41.8 Å². The van der Waals surface area contributed by atoms with Gasteiger partial charge in [-0.1, -0.05) is 24.6 Å². The number of hydrogen-bond donors (Lipinski definition) is 1. The minimum atomic E-state index is -0.127. The van der Waals surface area contributed by atoms with Crippen molar-refractivity contribution in [3.8, 4) is 0 Å². The van der Waals surface area contributed by atoms with Crippen LogP contribution in [0, 0.1) is 6.92 Å². The first-order valence-corrected chi connectivity index (χ1v) is 11.4. The second-order valence-corrected chi connectivity index (χ2v) is 9.03. The van der Waals surface area contributed by atoms with Gasteiger partial charge in [0.25, 0.3) is 0 Å². The minimum absolute atomic E-state index is 0.127. The Labute approximate surface area is 188 Å². The molecule has 1 aliphatic rings. The van der Waals surface area contributed by atoms with E-state index in [9.17, 15) is 4.79 Å². The van der Waals surface area contributed by atoms with E-state index in [2.05, 4.69) is 34.1 Å². The van der Waals surface area contributed by atoms with Gasteiger partial charge in [-0.05, 0) is 37.1 Å². The van der Waals surface area contributed by atoms with Crippen molar-refractivity contribution in [3.05, 3.63) is 46.1 Å². The van der Waals surface area contributed by atoms with Gasteiger partial charge in [-0.3, -0.25) is 0 Å². The number of hydrogen-bond acceptors (Lipinski definition) is 6. The van der Waals surface area contributed by atoms with Crippen molar-refractivity contribution < 1.29 is 4.79 Å². The van der Waals surface area contributed by atoms with Crippen LogP contribution in [0.3, 0.4) is 0 Å². The van der Waals surface area contributed by atoms with Crippen LogP contribution in [0.15, 0.2) is 30.6 Å². The second kappa shape index (κ2) is 7.97. The first kappa shape index (κ1) is 20.0. The number of aryl methyl sites for hydroxylation is 2. The Balaban J connectivity index is 1.36. The third kappa shape index (κ3) is 3.57. The summed E-state index contributed by atoms with van der Waals surface area (Å²) in [6.07, 6.45) is 2.56. The number of aromatic nitrogens is 4. The predicted octanol–water partition coefficient (Wildman–Crippen LogP) is 4.22.